The molecular formula is C17H18N4O4. The van der Waals surface area contributed by atoms with Crippen LogP contribution in [0, 0.1) is 33.5 Å². The number of aliphatic imine (C=N–C) groups is 1. The highest BCUT2D eigenvalue weighted by molar-refractivity contribution is 6.00. The minimum Gasteiger partial charge on any atom is -0.493 e. The average molecular weight is 342 g/mol. The van der Waals surface area contributed by atoms with Crippen molar-refractivity contribution < 1.29 is 18.9 Å². The van der Waals surface area contributed by atoms with Crippen LogP contribution < -0.4 is 15.2 Å². The van der Waals surface area contributed by atoms with Crippen LogP contribution in [0.2, 0.25) is 0 Å². The monoisotopic (exact) mass is 342 g/mol. The second-order valence-electron chi connectivity index (χ2n) is 5.84. The SMILES string of the molecule is COc1cccc([C@@H]2[C@@]3(C#N)C(OC)(OC)N=C(N)[C@]23C#N)c1OC. The third-order valence-corrected chi connectivity index (χ3v) is 5.23. The van der Waals surface area contributed by atoms with Gasteiger partial charge in [0.15, 0.2) is 16.9 Å². The number of fused-ring (bicyclic) bond motifs is 1. The lowest BCUT2D eigenvalue weighted by Crippen LogP contribution is -2.41. The van der Waals surface area contributed by atoms with Gasteiger partial charge in [0, 0.05) is 25.7 Å². The van der Waals surface area contributed by atoms with E-state index in [1.807, 2.05) is 0 Å². The minimum atomic E-state index is -1.67. The number of benzene rings is 1. The average Bonchev–Trinajstić information content (AvgIpc) is 3.22. The number of amidine groups is 1. The molecule has 25 heavy (non-hydrogen) atoms. The van der Waals surface area contributed by atoms with Gasteiger partial charge in [-0.2, -0.15) is 10.5 Å². The van der Waals surface area contributed by atoms with Crippen molar-refractivity contribution in [2.45, 2.75) is 11.8 Å². The summed E-state index contributed by atoms with van der Waals surface area (Å²) in [6.45, 7) is 0. The van der Waals surface area contributed by atoms with Crippen LogP contribution in [0.15, 0.2) is 23.2 Å². The summed E-state index contributed by atoms with van der Waals surface area (Å²) < 4.78 is 21.7. The van der Waals surface area contributed by atoms with E-state index in [4.69, 9.17) is 24.7 Å². The van der Waals surface area contributed by atoms with Crippen molar-refractivity contribution in [1.29, 1.82) is 10.5 Å². The number of ether oxygens (including phenoxy) is 4. The zero-order chi connectivity index (χ0) is 18.5. The maximum atomic E-state index is 10.0. The van der Waals surface area contributed by atoms with E-state index in [1.54, 1.807) is 18.2 Å². The predicted molar refractivity (Wildman–Crippen MR) is 86.8 cm³/mol. The van der Waals surface area contributed by atoms with Gasteiger partial charge in [0.1, 0.15) is 11.3 Å². The smallest absolute Gasteiger partial charge is 0.292 e. The van der Waals surface area contributed by atoms with Crippen molar-refractivity contribution in [2.24, 2.45) is 21.6 Å². The van der Waals surface area contributed by atoms with E-state index in [9.17, 15) is 10.5 Å². The molecular weight excluding hydrogens is 324 g/mol. The first-order valence-corrected chi connectivity index (χ1v) is 7.49. The van der Waals surface area contributed by atoms with Gasteiger partial charge in [-0.15, -0.1) is 0 Å². The lowest BCUT2D eigenvalue weighted by molar-refractivity contribution is -0.230. The highest BCUT2D eigenvalue weighted by atomic mass is 16.7. The van der Waals surface area contributed by atoms with Crippen molar-refractivity contribution in [2.75, 3.05) is 28.4 Å². The molecule has 1 aromatic rings. The molecule has 2 N–H and O–H groups in total. The Morgan fingerprint density at radius 3 is 2.24 bits per heavy atom. The Hall–Kier alpha value is -2.81. The first-order chi connectivity index (χ1) is 12.0. The van der Waals surface area contributed by atoms with E-state index in [0.717, 1.165) is 0 Å². The summed E-state index contributed by atoms with van der Waals surface area (Å²) in [5.74, 6) is -1.38. The van der Waals surface area contributed by atoms with Crippen LogP contribution in [0.1, 0.15) is 11.5 Å². The molecule has 1 aliphatic carbocycles. The fourth-order valence-corrected chi connectivity index (χ4v) is 4.13. The van der Waals surface area contributed by atoms with Gasteiger partial charge in [-0.25, -0.2) is 4.99 Å². The molecule has 0 spiro atoms. The lowest BCUT2D eigenvalue weighted by Gasteiger charge is -2.29. The highest BCUT2D eigenvalue weighted by Gasteiger charge is 2.94. The van der Waals surface area contributed by atoms with Crippen LogP contribution in [-0.2, 0) is 9.47 Å². The Labute approximate surface area is 145 Å². The zero-order valence-corrected chi connectivity index (χ0v) is 14.4. The Kier molecular flexibility index (Phi) is 3.64. The highest BCUT2D eigenvalue weighted by Crippen LogP contribution is 2.82. The largest absolute Gasteiger partial charge is 0.493 e. The van der Waals surface area contributed by atoms with Crippen LogP contribution in [0.5, 0.6) is 11.5 Å². The van der Waals surface area contributed by atoms with Crippen LogP contribution in [0.3, 0.4) is 0 Å². The normalized spacial score (nSPS) is 31.3. The molecule has 3 rings (SSSR count). The molecule has 8 nitrogen and oxygen atoms in total. The van der Waals surface area contributed by atoms with Crippen LogP contribution >= 0.6 is 0 Å². The molecule has 0 amide bonds. The maximum Gasteiger partial charge on any atom is 0.292 e. The maximum absolute atomic E-state index is 10.0. The number of rotatable bonds is 5. The molecule has 0 unspecified atom stereocenters. The van der Waals surface area contributed by atoms with E-state index in [-0.39, 0.29) is 5.84 Å². The van der Waals surface area contributed by atoms with Crippen molar-refractivity contribution in [3.63, 3.8) is 0 Å². The Morgan fingerprint density at radius 1 is 1.08 bits per heavy atom. The van der Waals surface area contributed by atoms with Gasteiger partial charge in [0.05, 0.1) is 26.4 Å². The standard InChI is InChI=1S/C17H18N4O4/c1-22-11-7-5-6-10(12(11)23-2)13-15(8-18)14(20)21-17(24-3,25-4)16(13,15)9-19/h5-7,13H,1-4H3,(H2,20,21)/t13-,15-,16+/m0/s1. The third-order valence-electron chi connectivity index (χ3n) is 5.23. The van der Waals surface area contributed by atoms with Gasteiger partial charge in [0.2, 0.25) is 0 Å². The van der Waals surface area contributed by atoms with E-state index < -0.39 is 22.7 Å². The molecule has 3 atom stereocenters. The van der Waals surface area contributed by atoms with Crippen molar-refractivity contribution in [3.05, 3.63) is 23.8 Å². The number of nitrogens with two attached hydrogens (primary N) is 1. The number of hydrogen-bond donors (Lipinski definition) is 1. The summed E-state index contributed by atoms with van der Waals surface area (Å²) in [6.07, 6.45) is 0. The molecule has 0 radical (unpaired) electrons. The number of para-hydroxylation sites is 1. The van der Waals surface area contributed by atoms with E-state index in [2.05, 4.69) is 17.1 Å². The molecule has 0 aromatic heterocycles. The van der Waals surface area contributed by atoms with Crippen molar-refractivity contribution >= 4 is 5.84 Å². The van der Waals surface area contributed by atoms with E-state index >= 15 is 0 Å². The number of nitriles is 2. The molecule has 2 aliphatic rings. The van der Waals surface area contributed by atoms with Gasteiger partial charge >= 0.3 is 0 Å². The Morgan fingerprint density at radius 2 is 1.76 bits per heavy atom. The molecule has 8 heteroatoms. The van der Waals surface area contributed by atoms with Crippen molar-refractivity contribution in [1.82, 2.24) is 0 Å². The zero-order valence-electron chi connectivity index (χ0n) is 14.4. The first-order valence-electron chi connectivity index (χ1n) is 7.49. The van der Waals surface area contributed by atoms with E-state index in [1.165, 1.54) is 28.4 Å². The van der Waals surface area contributed by atoms with Gasteiger partial charge in [-0.1, -0.05) is 12.1 Å². The fourth-order valence-electron chi connectivity index (χ4n) is 4.13. The number of methoxy groups -OCH3 is 4. The molecule has 1 fully saturated rings. The van der Waals surface area contributed by atoms with Gasteiger partial charge in [-0.05, 0) is 6.07 Å². The summed E-state index contributed by atoms with van der Waals surface area (Å²) in [6, 6.07) is 9.65. The van der Waals surface area contributed by atoms with Crippen LogP contribution in [-0.4, -0.2) is 40.2 Å². The second-order valence-corrected chi connectivity index (χ2v) is 5.84. The Balaban J connectivity index is 2.30. The van der Waals surface area contributed by atoms with Crippen LogP contribution in [0.25, 0.3) is 0 Å². The van der Waals surface area contributed by atoms with Gasteiger partial charge < -0.3 is 24.7 Å². The van der Waals surface area contributed by atoms with Crippen molar-refractivity contribution in [3.8, 4) is 23.6 Å². The lowest BCUT2D eigenvalue weighted by atomic mass is 9.93. The first kappa shape index (κ1) is 17.0. The second kappa shape index (κ2) is 5.35. The number of hydrogen-bond acceptors (Lipinski definition) is 8. The Bertz CT molecular complexity index is 836. The summed E-state index contributed by atoms with van der Waals surface area (Å²) in [4.78, 5) is 4.18. The molecule has 1 heterocycles. The summed E-state index contributed by atoms with van der Waals surface area (Å²) in [5, 5.41) is 20.0. The molecule has 0 bridgehead atoms. The fraction of sp³-hybridized carbons (Fsp3) is 0.471. The predicted octanol–water partition coefficient (Wildman–Crippen LogP) is 1.14. The summed E-state index contributed by atoms with van der Waals surface area (Å²) in [5.41, 5.74) is 3.90. The van der Waals surface area contributed by atoms with Gasteiger partial charge in [-0.3, -0.25) is 0 Å². The van der Waals surface area contributed by atoms with Gasteiger partial charge in [0.25, 0.3) is 5.91 Å². The summed E-state index contributed by atoms with van der Waals surface area (Å²) in [7, 11) is 5.74. The van der Waals surface area contributed by atoms with E-state index in [0.29, 0.717) is 17.1 Å². The van der Waals surface area contributed by atoms with Crippen LogP contribution in [0.4, 0.5) is 0 Å². The molecule has 130 valence electrons. The molecule has 1 aliphatic heterocycles. The topological polar surface area (TPSA) is 123 Å². The molecule has 1 aromatic carbocycles. The third kappa shape index (κ3) is 1.58. The molecule has 1 saturated carbocycles. The summed E-state index contributed by atoms with van der Waals surface area (Å²) >= 11 is 0. The quantitative estimate of drug-likeness (QED) is 0.796. The minimum absolute atomic E-state index is 0.00937. The molecule has 0 saturated heterocycles. The number of nitrogens with zero attached hydrogens (tertiary/aromatic N) is 3.